The van der Waals surface area contributed by atoms with Gasteiger partial charge in [-0.25, -0.2) is 0 Å². The average Bonchev–Trinajstić information content (AvgIpc) is 2.85. The molecule has 0 unspecified atom stereocenters. The van der Waals surface area contributed by atoms with Crippen molar-refractivity contribution in [1.82, 2.24) is 0 Å². The van der Waals surface area contributed by atoms with Crippen LogP contribution in [-0.4, -0.2) is 0 Å². The van der Waals surface area contributed by atoms with Crippen molar-refractivity contribution in [2.24, 2.45) is 5.41 Å². The third kappa shape index (κ3) is 4.44. The van der Waals surface area contributed by atoms with Gasteiger partial charge in [0, 0.05) is 10.6 Å². The SMILES string of the molecule is CCCCCc1ccc(-c2ccc(C34CCC(CCC)(CC3)CC4)c(C#N)c2C#N)cc1Cl. The van der Waals surface area contributed by atoms with Gasteiger partial charge in [-0.15, -0.1) is 0 Å². The maximum absolute atomic E-state index is 10.2. The Bertz CT molecular complexity index is 1080. The highest BCUT2D eigenvalue weighted by Gasteiger charge is 2.49. The zero-order valence-electron chi connectivity index (χ0n) is 20.1. The molecule has 0 saturated heterocycles. The molecule has 0 radical (unpaired) electrons. The fraction of sp³-hybridized carbons (Fsp3) is 0.533. The van der Waals surface area contributed by atoms with E-state index in [4.69, 9.17) is 11.6 Å². The monoisotopic (exact) mass is 458 g/mol. The molecule has 2 aromatic carbocycles. The van der Waals surface area contributed by atoms with Gasteiger partial charge < -0.3 is 0 Å². The van der Waals surface area contributed by atoms with Gasteiger partial charge in [-0.05, 0) is 91.4 Å². The smallest absolute Gasteiger partial charge is 0.101 e. The van der Waals surface area contributed by atoms with E-state index in [0.29, 0.717) is 16.5 Å². The Morgan fingerprint density at radius 2 is 1.55 bits per heavy atom. The normalized spacial score (nSPS) is 23.8. The minimum Gasteiger partial charge on any atom is -0.192 e. The number of benzene rings is 2. The van der Waals surface area contributed by atoms with Crippen molar-refractivity contribution in [2.75, 3.05) is 0 Å². The molecule has 0 aliphatic heterocycles. The molecule has 0 N–H and O–H groups in total. The van der Waals surface area contributed by atoms with Gasteiger partial charge in [-0.2, -0.15) is 10.5 Å². The van der Waals surface area contributed by atoms with Crippen LogP contribution in [-0.2, 0) is 11.8 Å². The first-order chi connectivity index (χ1) is 16.0. The highest BCUT2D eigenvalue weighted by atomic mass is 35.5. The number of hydrogen-bond acceptors (Lipinski definition) is 2. The molecule has 0 aromatic heterocycles. The van der Waals surface area contributed by atoms with E-state index >= 15 is 0 Å². The maximum Gasteiger partial charge on any atom is 0.101 e. The van der Waals surface area contributed by atoms with E-state index in [1.807, 2.05) is 6.07 Å². The second-order valence-corrected chi connectivity index (χ2v) is 10.8. The molecule has 0 atom stereocenters. The van der Waals surface area contributed by atoms with Gasteiger partial charge >= 0.3 is 0 Å². The Morgan fingerprint density at radius 1 is 0.848 bits per heavy atom. The Morgan fingerprint density at radius 3 is 2.12 bits per heavy atom. The van der Waals surface area contributed by atoms with E-state index in [0.717, 1.165) is 59.4 Å². The van der Waals surface area contributed by atoms with Crippen molar-refractivity contribution in [1.29, 1.82) is 10.5 Å². The summed E-state index contributed by atoms with van der Waals surface area (Å²) in [6, 6.07) is 15.2. The van der Waals surface area contributed by atoms with Crippen LogP contribution in [0.4, 0.5) is 0 Å². The number of hydrogen-bond donors (Lipinski definition) is 0. The second kappa shape index (κ2) is 9.91. The van der Waals surface area contributed by atoms with Crippen LogP contribution in [0, 0.1) is 28.1 Å². The first-order valence-corrected chi connectivity index (χ1v) is 13.2. The van der Waals surface area contributed by atoms with E-state index in [9.17, 15) is 10.5 Å². The molecule has 0 heterocycles. The zero-order valence-corrected chi connectivity index (χ0v) is 20.9. The number of nitriles is 2. The molecule has 3 aliphatic carbocycles. The van der Waals surface area contributed by atoms with Gasteiger partial charge in [-0.3, -0.25) is 0 Å². The molecular formula is C30H35ClN2. The number of rotatable bonds is 8. The highest BCUT2D eigenvalue weighted by Crippen LogP contribution is 2.60. The highest BCUT2D eigenvalue weighted by molar-refractivity contribution is 6.31. The van der Waals surface area contributed by atoms with Gasteiger partial charge in [0.2, 0.25) is 0 Å². The molecule has 0 amide bonds. The molecule has 172 valence electrons. The van der Waals surface area contributed by atoms with E-state index in [1.165, 1.54) is 44.9 Å². The molecule has 33 heavy (non-hydrogen) atoms. The van der Waals surface area contributed by atoms with Gasteiger partial charge in [0.15, 0.2) is 0 Å². The van der Waals surface area contributed by atoms with E-state index in [2.05, 4.69) is 50.3 Å². The van der Waals surface area contributed by atoms with E-state index in [1.54, 1.807) is 0 Å². The predicted octanol–water partition coefficient (Wildman–Crippen LogP) is 8.88. The minimum atomic E-state index is 0.0610. The topological polar surface area (TPSA) is 47.6 Å². The van der Waals surface area contributed by atoms with Gasteiger partial charge in [0.1, 0.15) is 12.1 Å². The van der Waals surface area contributed by atoms with Gasteiger partial charge in [0.25, 0.3) is 0 Å². The number of nitrogens with zero attached hydrogens (tertiary/aromatic N) is 2. The van der Waals surface area contributed by atoms with Gasteiger partial charge in [-0.1, -0.05) is 69.0 Å². The van der Waals surface area contributed by atoms with Crippen LogP contribution in [0.1, 0.15) is 107 Å². The van der Waals surface area contributed by atoms with Crippen LogP contribution in [0.3, 0.4) is 0 Å². The lowest BCUT2D eigenvalue weighted by molar-refractivity contribution is 0.0319. The Hall–Kier alpha value is -2.29. The summed E-state index contributed by atoms with van der Waals surface area (Å²) in [5, 5.41) is 21.1. The second-order valence-electron chi connectivity index (χ2n) is 10.4. The van der Waals surface area contributed by atoms with Crippen molar-refractivity contribution in [3.05, 3.63) is 57.6 Å². The van der Waals surface area contributed by atoms with Gasteiger partial charge in [0.05, 0.1) is 11.1 Å². The first kappa shape index (κ1) is 23.9. The van der Waals surface area contributed by atoms with Crippen LogP contribution in [0.15, 0.2) is 30.3 Å². The van der Waals surface area contributed by atoms with Crippen LogP contribution in [0.2, 0.25) is 5.02 Å². The van der Waals surface area contributed by atoms with Crippen LogP contribution >= 0.6 is 11.6 Å². The number of unbranched alkanes of at least 4 members (excludes halogenated alkanes) is 2. The molecule has 3 aliphatic rings. The minimum absolute atomic E-state index is 0.0610. The van der Waals surface area contributed by atoms with E-state index < -0.39 is 0 Å². The summed E-state index contributed by atoms with van der Waals surface area (Å²) in [7, 11) is 0. The number of fused-ring (bicyclic) bond motifs is 3. The van der Waals surface area contributed by atoms with Crippen molar-refractivity contribution >= 4 is 11.6 Å². The Balaban J connectivity index is 1.68. The lowest BCUT2D eigenvalue weighted by Gasteiger charge is -2.54. The molecular weight excluding hydrogens is 424 g/mol. The third-order valence-electron chi connectivity index (χ3n) is 8.60. The number of halogens is 1. The first-order valence-electron chi connectivity index (χ1n) is 12.8. The molecule has 3 fully saturated rings. The number of aryl methyl sites for hydroxylation is 1. The van der Waals surface area contributed by atoms with Crippen LogP contribution in [0.5, 0.6) is 0 Å². The summed E-state index contributed by atoms with van der Waals surface area (Å²) >= 11 is 6.62. The Kier molecular flexibility index (Phi) is 7.16. The molecule has 5 rings (SSSR count). The average molecular weight is 459 g/mol. The van der Waals surface area contributed by atoms with Crippen molar-refractivity contribution in [3.8, 4) is 23.3 Å². The summed E-state index contributed by atoms with van der Waals surface area (Å²) in [6.45, 7) is 4.49. The summed E-state index contributed by atoms with van der Waals surface area (Å²) in [4.78, 5) is 0. The standard InChI is InChI=1S/C30H35ClN2/c1-3-5-6-7-22-8-9-23(19-28(22)31)24-10-11-27(26(21-33)25(24)20-32)30-16-13-29(12-4-2,14-17-30)15-18-30/h8-11,19H,3-7,12-18H2,1-2H3. The van der Waals surface area contributed by atoms with E-state index in [-0.39, 0.29) is 5.41 Å². The maximum atomic E-state index is 10.2. The van der Waals surface area contributed by atoms with Crippen molar-refractivity contribution in [2.45, 2.75) is 96.3 Å². The predicted molar refractivity (Wildman–Crippen MR) is 136 cm³/mol. The summed E-state index contributed by atoms with van der Waals surface area (Å²) in [5.41, 5.74) is 5.69. The molecule has 0 spiro atoms. The summed E-state index contributed by atoms with van der Waals surface area (Å²) in [6.07, 6.45) is 14.3. The molecule has 3 saturated carbocycles. The fourth-order valence-corrected chi connectivity index (χ4v) is 6.85. The fourth-order valence-electron chi connectivity index (χ4n) is 6.57. The summed E-state index contributed by atoms with van der Waals surface area (Å²) < 4.78 is 0. The molecule has 2 nitrogen and oxygen atoms in total. The van der Waals surface area contributed by atoms with Crippen molar-refractivity contribution < 1.29 is 0 Å². The zero-order chi connectivity index (χ0) is 23.5. The third-order valence-corrected chi connectivity index (χ3v) is 8.95. The summed E-state index contributed by atoms with van der Waals surface area (Å²) in [5.74, 6) is 0. The largest absolute Gasteiger partial charge is 0.192 e. The van der Waals surface area contributed by atoms with Crippen molar-refractivity contribution in [3.63, 3.8) is 0 Å². The molecule has 2 aromatic rings. The Labute approximate surface area is 204 Å². The van der Waals surface area contributed by atoms with Crippen LogP contribution < -0.4 is 0 Å². The lowest BCUT2D eigenvalue weighted by atomic mass is 9.50. The molecule has 3 heteroatoms. The quantitative estimate of drug-likeness (QED) is 0.370. The lowest BCUT2D eigenvalue weighted by Crippen LogP contribution is -2.44. The molecule has 2 bridgehead atoms. The van der Waals surface area contributed by atoms with Crippen LogP contribution in [0.25, 0.3) is 11.1 Å².